The number of benzene rings is 3. The van der Waals surface area contributed by atoms with Crippen LogP contribution in [-0.2, 0) is 4.79 Å². The summed E-state index contributed by atoms with van der Waals surface area (Å²) in [6.45, 7) is 5.59. The number of nitrogens with one attached hydrogen (secondary N) is 3. The fraction of sp³-hybridized carbons (Fsp3) is 0.462. The van der Waals surface area contributed by atoms with Gasteiger partial charge in [0.15, 0.2) is 0 Å². The number of amides is 3. The fourth-order valence-electron chi connectivity index (χ4n) is 6.50. The summed E-state index contributed by atoms with van der Waals surface area (Å²) in [5, 5.41) is 19.2. The van der Waals surface area contributed by atoms with E-state index in [2.05, 4.69) is 20.9 Å². The molecule has 3 aromatic rings. The van der Waals surface area contributed by atoms with Crippen LogP contribution in [0.25, 0.3) is 11.1 Å². The highest BCUT2D eigenvalue weighted by Crippen LogP contribution is 2.39. The Kier molecular flexibility index (Phi) is 15.4. The van der Waals surface area contributed by atoms with Crippen LogP contribution in [-0.4, -0.2) is 105 Å². The first-order chi connectivity index (χ1) is 24.2. The third-order valence-electron chi connectivity index (χ3n) is 9.48. The zero-order chi connectivity index (χ0) is 35.9. The number of likely N-dealkylation sites (N-methyl/N-ethyl adjacent to an activating group) is 1. The highest BCUT2D eigenvalue weighted by atomic mass is 35.5. The van der Waals surface area contributed by atoms with Gasteiger partial charge in [-0.25, -0.2) is 4.79 Å². The van der Waals surface area contributed by atoms with Gasteiger partial charge in [-0.15, -0.1) is 0 Å². The Bertz CT molecular complexity index is 1550. The first-order valence-corrected chi connectivity index (χ1v) is 18.1. The Hall–Kier alpha value is -4.12. The molecule has 1 saturated heterocycles. The Labute approximate surface area is 302 Å². The molecular weight excluding hydrogens is 652 g/mol. The lowest BCUT2D eigenvalue weighted by Gasteiger charge is -2.34. The third kappa shape index (κ3) is 11.5. The van der Waals surface area contributed by atoms with Crippen molar-refractivity contribution in [3.63, 3.8) is 0 Å². The summed E-state index contributed by atoms with van der Waals surface area (Å²) < 4.78 is 0. The minimum Gasteiger partial charge on any atom is -0.465 e. The van der Waals surface area contributed by atoms with Crippen molar-refractivity contribution in [1.82, 2.24) is 20.0 Å². The molecule has 0 aliphatic carbocycles. The highest BCUT2D eigenvalue weighted by Gasteiger charge is 2.25. The van der Waals surface area contributed by atoms with Crippen LogP contribution in [0.4, 0.5) is 16.2 Å². The molecule has 11 heteroatoms. The van der Waals surface area contributed by atoms with Gasteiger partial charge in [0.2, 0.25) is 5.91 Å². The molecule has 4 N–H and O–H groups in total. The maximum atomic E-state index is 12.8. The van der Waals surface area contributed by atoms with Gasteiger partial charge >= 0.3 is 6.09 Å². The van der Waals surface area contributed by atoms with Crippen molar-refractivity contribution in [3.8, 4) is 11.1 Å². The zero-order valence-corrected chi connectivity index (χ0v) is 30.5. The van der Waals surface area contributed by atoms with Gasteiger partial charge in [0.05, 0.1) is 16.3 Å². The van der Waals surface area contributed by atoms with Crippen LogP contribution in [0.3, 0.4) is 0 Å². The molecule has 270 valence electrons. The summed E-state index contributed by atoms with van der Waals surface area (Å²) in [5.41, 5.74) is 4.99. The van der Waals surface area contributed by atoms with Crippen molar-refractivity contribution < 1.29 is 19.5 Å². The molecule has 1 fully saturated rings. The molecule has 0 saturated carbocycles. The SMILES string of the molecule is CNCCCN(C)C(=O)c1ccc(NCCCCCC(=O)N(C)CCN2CCC(c3cccc(-c4ccccc4)c3NC(=O)O)CC2)cc1Cl. The monoisotopic (exact) mass is 704 g/mol. The standard InChI is InChI=1S/C39H53ClN6O4/c1-41-21-11-23-45(3)38(48)34-18-17-31(28-35(34)40)42-22-9-5-8-16-36(47)44(2)26-27-46-24-19-30(20-25-46)33-15-10-14-32(37(33)43-39(49)50)29-12-6-4-7-13-29/h4,6-7,10,12-15,17-18,28,30,41-43H,5,8-9,11,16,19-27H2,1-3H3,(H,49,50). The Morgan fingerprint density at radius 2 is 1.64 bits per heavy atom. The lowest BCUT2D eigenvalue weighted by molar-refractivity contribution is -0.130. The molecule has 3 aromatic carbocycles. The lowest BCUT2D eigenvalue weighted by atomic mass is 9.86. The largest absolute Gasteiger partial charge is 0.465 e. The molecule has 0 bridgehead atoms. The molecule has 0 atom stereocenters. The van der Waals surface area contributed by atoms with Gasteiger partial charge in [-0.2, -0.15) is 0 Å². The number of hydrogen-bond acceptors (Lipinski definition) is 6. The lowest BCUT2D eigenvalue weighted by Crippen LogP contribution is -2.40. The number of carbonyl (C=O) groups is 3. The van der Waals surface area contributed by atoms with Crippen LogP contribution in [0.1, 0.15) is 66.8 Å². The predicted octanol–water partition coefficient (Wildman–Crippen LogP) is 7.09. The molecule has 3 amide bonds. The van der Waals surface area contributed by atoms with Gasteiger partial charge in [0.1, 0.15) is 0 Å². The van der Waals surface area contributed by atoms with E-state index in [1.165, 1.54) is 0 Å². The number of unbranched alkanes of at least 4 members (excludes halogenated alkanes) is 2. The van der Waals surface area contributed by atoms with E-state index in [0.29, 0.717) is 35.8 Å². The van der Waals surface area contributed by atoms with E-state index in [0.717, 1.165) is 93.6 Å². The third-order valence-corrected chi connectivity index (χ3v) is 9.79. The molecular formula is C39H53ClN6O4. The number of rotatable bonds is 18. The molecule has 1 aliphatic heterocycles. The predicted molar refractivity (Wildman–Crippen MR) is 203 cm³/mol. The van der Waals surface area contributed by atoms with Crippen molar-refractivity contribution in [2.75, 3.05) is 77.6 Å². The molecule has 1 heterocycles. The summed E-state index contributed by atoms with van der Waals surface area (Å²) >= 11 is 6.44. The van der Waals surface area contributed by atoms with Crippen LogP contribution >= 0.6 is 11.6 Å². The number of anilines is 2. The van der Waals surface area contributed by atoms with Gasteiger partial charge in [-0.3, -0.25) is 14.9 Å². The van der Waals surface area contributed by atoms with Gasteiger partial charge in [-0.05, 0) is 94.0 Å². The summed E-state index contributed by atoms with van der Waals surface area (Å²) in [4.78, 5) is 43.2. The number of nitrogens with zero attached hydrogens (tertiary/aromatic N) is 3. The molecule has 1 aliphatic rings. The van der Waals surface area contributed by atoms with Crippen LogP contribution in [0.2, 0.25) is 5.02 Å². The van der Waals surface area contributed by atoms with Gasteiger partial charge in [0, 0.05) is 57.9 Å². The maximum absolute atomic E-state index is 12.8. The molecule has 0 unspecified atom stereocenters. The number of carbonyl (C=O) groups excluding carboxylic acids is 2. The van der Waals surface area contributed by atoms with Crippen molar-refractivity contribution in [2.45, 2.75) is 50.9 Å². The second kappa shape index (κ2) is 19.9. The molecule has 50 heavy (non-hydrogen) atoms. The van der Waals surface area contributed by atoms with Crippen molar-refractivity contribution >= 4 is 40.9 Å². The topological polar surface area (TPSA) is 117 Å². The number of halogens is 1. The van der Waals surface area contributed by atoms with E-state index in [4.69, 9.17) is 11.6 Å². The smallest absolute Gasteiger partial charge is 0.409 e. The van der Waals surface area contributed by atoms with Crippen LogP contribution < -0.4 is 16.0 Å². The Morgan fingerprint density at radius 1 is 0.880 bits per heavy atom. The first-order valence-electron chi connectivity index (χ1n) is 17.8. The maximum Gasteiger partial charge on any atom is 0.409 e. The summed E-state index contributed by atoms with van der Waals surface area (Å²) in [6, 6.07) is 21.4. The van der Waals surface area contributed by atoms with Crippen LogP contribution in [0, 0.1) is 0 Å². The van der Waals surface area contributed by atoms with Crippen molar-refractivity contribution in [1.29, 1.82) is 0 Å². The first kappa shape index (κ1) is 38.7. The zero-order valence-electron chi connectivity index (χ0n) is 29.7. The van der Waals surface area contributed by atoms with E-state index >= 15 is 0 Å². The average Bonchev–Trinajstić information content (AvgIpc) is 3.12. The highest BCUT2D eigenvalue weighted by molar-refractivity contribution is 6.34. The van der Waals surface area contributed by atoms with E-state index in [1.54, 1.807) is 24.1 Å². The van der Waals surface area contributed by atoms with Gasteiger partial charge in [0.25, 0.3) is 5.91 Å². The minimum atomic E-state index is -1.06. The van der Waals surface area contributed by atoms with Gasteiger partial charge in [-0.1, -0.05) is 66.6 Å². The second-order valence-electron chi connectivity index (χ2n) is 13.1. The Balaban J connectivity index is 1.13. The molecule has 0 spiro atoms. The number of carboxylic acid groups (broad SMARTS) is 1. The fourth-order valence-corrected chi connectivity index (χ4v) is 6.76. The second-order valence-corrected chi connectivity index (χ2v) is 13.5. The van der Waals surface area contributed by atoms with Gasteiger partial charge < -0.3 is 30.4 Å². The Morgan fingerprint density at radius 3 is 2.34 bits per heavy atom. The van der Waals surface area contributed by atoms with E-state index in [9.17, 15) is 19.5 Å². The average molecular weight is 705 g/mol. The van der Waals surface area contributed by atoms with Crippen molar-refractivity contribution in [2.24, 2.45) is 0 Å². The summed E-state index contributed by atoms with van der Waals surface area (Å²) in [6.07, 6.45) is 4.91. The van der Waals surface area contributed by atoms with E-state index in [1.807, 2.05) is 73.6 Å². The van der Waals surface area contributed by atoms with Crippen LogP contribution in [0.5, 0.6) is 0 Å². The number of para-hydroxylation sites is 1. The number of hydrogen-bond donors (Lipinski definition) is 4. The normalized spacial score (nSPS) is 13.5. The summed E-state index contributed by atoms with van der Waals surface area (Å²) in [5.74, 6) is 0.345. The molecule has 0 radical (unpaired) electrons. The quantitative estimate of drug-likeness (QED) is 0.105. The van der Waals surface area contributed by atoms with Crippen molar-refractivity contribution in [3.05, 3.63) is 82.9 Å². The number of likely N-dealkylation sites (tertiary alicyclic amines) is 1. The minimum absolute atomic E-state index is 0.0800. The number of piperidine rings is 1. The van der Waals surface area contributed by atoms with E-state index < -0.39 is 6.09 Å². The summed E-state index contributed by atoms with van der Waals surface area (Å²) in [7, 11) is 5.57. The van der Waals surface area contributed by atoms with E-state index in [-0.39, 0.29) is 17.7 Å². The molecule has 10 nitrogen and oxygen atoms in total. The van der Waals surface area contributed by atoms with Crippen LogP contribution in [0.15, 0.2) is 66.7 Å². The molecule has 0 aromatic heterocycles. The molecule has 4 rings (SSSR count).